The lowest BCUT2D eigenvalue weighted by atomic mass is 9.77. The zero-order valence-electron chi connectivity index (χ0n) is 8.89. The second kappa shape index (κ2) is 5.05. The van der Waals surface area contributed by atoms with Gasteiger partial charge in [0.25, 0.3) is 0 Å². The van der Waals surface area contributed by atoms with Crippen LogP contribution in [0.5, 0.6) is 0 Å². The third-order valence-corrected chi connectivity index (χ3v) is 2.90. The van der Waals surface area contributed by atoms with Crippen LogP contribution in [0.2, 0.25) is 0 Å². The highest BCUT2D eigenvalue weighted by atomic mass is 16.4. The van der Waals surface area contributed by atoms with Crippen molar-refractivity contribution in [1.29, 1.82) is 0 Å². The smallest absolute Gasteiger partial charge is 0.309 e. The number of carbonyl (C=O) groups is 1. The average Bonchev–Trinajstić information content (AvgIpc) is 2.13. The first kappa shape index (κ1) is 12.2. The molecule has 0 spiro atoms. The highest BCUT2D eigenvalue weighted by Gasteiger charge is 2.34. The monoisotopic (exact) mass is 184 g/mol. The summed E-state index contributed by atoms with van der Waals surface area (Å²) in [6, 6.07) is 0. The molecular weight excluding hydrogens is 164 g/mol. The molecule has 0 aliphatic rings. The maximum Gasteiger partial charge on any atom is 0.309 e. The fourth-order valence-corrected chi connectivity index (χ4v) is 1.48. The molecule has 76 valence electrons. The maximum atomic E-state index is 11.1. The van der Waals surface area contributed by atoms with Gasteiger partial charge in [-0.2, -0.15) is 0 Å². The summed E-state index contributed by atoms with van der Waals surface area (Å²) in [4.78, 5) is 11.1. The molecule has 0 aliphatic heterocycles. The van der Waals surface area contributed by atoms with Gasteiger partial charge in [-0.25, -0.2) is 0 Å². The molecule has 0 aromatic carbocycles. The summed E-state index contributed by atoms with van der Waals surface area (Å²) >= 11 is 0. The minimum absolute atomic E-state index is 0.576. The van der Waals surface area contributed by atoms with Gasteiger partial charge in [0, 0.05) is 0 Å². The van der Waals surface area contributed by atoms with E-state index in [4.69, 9.17) is 5.11 Å². The highest BCUT2D eigenvalue weighted by molar-refractivity contribution is 5.74. The number of carboxylic acid groups (broad SMARTS) is 1. The van der Waals surface area contributed by atoms with Gasteiger partial charge in [0.05, 0.1) is 5.41 Å². The fraction of sp³-hybridized carbons (Fsp3) is 0.727. The van der Waals surface area contributed by atoms with Gasteiger partial charge in [-0.05, 0) is 25.7 Å². The van der Waals surface area contributed by atoms with E-state index >= 15 is 0 Å². The highest BCUT2D eigenvalue weighted by Crippen LogP contribution is 2.34. The average molecular weight is 184 g/mol. The molecule has 0 atom stereocenters. The third kappa shape index (κ3) is 2.87. The third-order valence-electron chi connectivity index (χ3n) is 2.90. The SMILES string of the molecule is C=C(CC)CC(CC)(CC)C(=O)O. The molecule has 0 aromatic rings. The standard InChI is InChI=1S/C11H20O2/c1-5-9(4)8-11(6-2,7-3)10(12)13/h4-8H2,1-3H3,(H,12,13). The van der Waals surface area contributed by atoms with E-state index in [2.05, 4.69) is 6.58 Å². The van der Waals surface area contributed by atoms with Crippen molar-refractivity contribution >= 4 is 5.97 Å². The van der Waals surface area contributed by atoms with Gasteiger partial charge in [0.1, 0.15) is 0 Å². The first-order chi connectivity index (χ1) is 6.02. The van der Waals surface area contributed by atoms with Crippen molar-refractivity contribution in [2.45, 2.75) is 46.5 Å². The van der Waals surface area contributed by atoms with Gasteiger partial charge in [-0.15, -0.1) is 0 Å². The lowest BCUT2D eigenvalue weighted by Crippen LogP contribution is -2.30. The summed E-state index contributed by atoms with van der Waals surface area (Å²) in [6.45, 7) is 9.75. The minimum Gasteiger partial charge on any atom is -0.481 e. The molecule has 0 aromatic heterocycles. The number of aliphatic carboxylic acids is 1. The Morgan fingerprint density at radius 2 is 1.77 bits per heavy atom. The first-order valence-electron chi connectivity index (χ1n) is 4.92. The predicted octanol–water partition coefficient (Wildman–Crippen LogP) is 3.23. The van der Waals surface area contributed by atoms with Gasteiger partial charge >= 0.3 is 5.97 Å². The van der Waals surface area contributed by atoms with Crippen LogP contribution >= 0.6 is 0 Å². The Labute approximate surface area is 80.7 Å². The Morgan fingerprint density at radius 3 is 2.00 bits per heavy atom. The van der Waals surface area contributed by atoms with E-state index in [1.807, 2.05) is 20.8 Å². The van der Waals surface area contributed by atoms with Crippen molar-refractivity contribution in [3.63, 3.8) is 0 Å². The van der Waals surface area contributed by atoms with Crippen LogP contribution in [0.4, 0.5) is 0 Å². The van der Waals surface area contributed by atoms with Crippen LogP contribution in [0.3, 0.4) is 0 Å². The van der Waals surface area contributed by atoms with Crippen molar-refractivity contribution < 1.29 is 9.90 Å². The van der Waals surface area contributed by atoms with Gasteiger partial charge in [0.15, 0.2) is 0 Å². The van der Waals surface area contributed by atoms with E-state index < -0.39 is 11.4 Å². The van der Waals surface area contributed by atoms with Crippen molar-refractivity contribution in [3.05, 3.63) is 12.2 Å². The molecule has 0 bridgehead atoms. The van der Waals surface area contributed by atoms with Gasteiger partial charge in [-0.1, -0.05) is 32.9 Å². The summed E-state index contributed by atoms with van der Waals surface area (Å²) in [5.74, 6) is -0.688. The fourth-order valence-electron chi connectivity index (χ4n) is 1.48. The molecule has 0 radical (unpaired) electrons. The number of allylic oxidation sites excluding steroid dienone is 1. The molecule has 0 heterocycles. The molecule has 0 rings (SSSR count). The number of hydrogen-bond donors (Lipinski definition) is 1. The molecule has 2 heteroatoms. The molecule has 1 N–H and O–H groups in total. The van der Waals surface area contributed by atoms with Crippen LogP contribution in [0.25, 0.3) is 0 Å². The molecular formula is C11H20O2. The lowest BCUT2D eigenvalue weighted by molar-refractivity contribution is -0.149. The quantitative estimate of drug-likeness (QED) is 0.643. The zero-order valence-corrected chi connectivity index (χ0v) is 8.89. The van der Waals surface area contributed by atoms with Crippen LogP contribution in [0, 0.1) is 5.41 Å². The second-order valence-corrected chi connectivity index (χ2v) is 3.57. The van der Waals surface area contributed by atoms with Crippen LogP contribution in [-0.2, 0) is 4.79 Å². The molecule has 0 saturated carbocycles. The van der Waals surface area contributed by atoms with Crippen LogP contribution in [0.15, 0.2) is 12.2 Å². The summed E-state index contributed by atoms with van der Waals surface area (Å²) in [6.07, 6.45) is 2.84. The van der Waals surface area contributed by atoms with Crippen molar-refractivity contribution in [1.82, 2.24) is 0 Å². The van der Waals surface area contributed by atoms with E-state index in [1.54, 1.807) is 0 Å². The first-order valence-corrected chi connectivity index (χ1v) is 4.92. The van der Waals surface area contributed by atoms with Crippen molar-refractivity contribution in [3.8, 4) is 0 Å². The Balaban J connectivity index is 4.57. The number of carboxylic acids is 1. The minimum atomic E-state index is -0.688. The Kier molecular flexibility index (Phi) is 4.74. The molecule has 0 saturated heterocycles. The number of hydrogen-bond acceptors (Lipinski definition) is 1. The predicted molar refractivity (Wildman–Crippen MR) is 54.7 cm³/mol. The Hall–Kier alpha value is -0.790. The van der Waals surface area contributed by atoms with Gasteiger partial charge < -0.3 is 5.11 Å². The molecule has 0 amide bonds. The van der Waals surface area contributed by atoms with Crippen molar-refractivity contribution in [2.75, 3.05) is 0 Å². The van der Waals surface area contributed by atoms with Crippen LogP contribution in [0.1, 0.15) is 46.5 Å². The number of rotatable bonds is 6. The summed E-state index contributed by atoms with van der Waals surface area (Å²) in [5, 5.41) is 9.13. The summed E-state index contributed by atoms with van der Waals surface area (Å²) < 4.78 is 0. The normalized spacial score (nSPS) is 11.3. The lowest BCUT2D eigenvalue weighted by Gasteiger charge is -2.27. The van der Waals surface area contributed by atoms with E-state index in [0.29, 0.717) is 19.3 Å². The molecule has 0 aliphatic carbocycles. The molecule has 13 heavy (non-hydrogen) atoms. The maximum absolute atomic E-state index is 11.1. The Morgan fingerprint density at radius 1 is 1.31 bits per heavy atom. The molecule has 2 nitrogen and oxygen atoms in total. The summed E-state index contributed by atoms with van der Waals surface area (Å²) in [5.41, 5.74) is 0.457. The van der Waals surface area contributed by atoms with Gasteiger partial charge in [-0.3, -0.25) is 4.79 Å². The molecule has 0 unspecified atom stereocenters. The van der Waals surface area contributed by atoms with E-state index in [9.17, 15) is 4.79 Å². The summed E-state index contributed by atoms with van der Waals surface area (Å²) in [7, 11) is 0. The van der Waals surface area contributed by atoms with E-state index in [-0.39, 0.29) is 0 Å². The second-order valence-electron chi connectivity index (χ2n) is 3.57. The van der Waals surface area contributed by atoms with E-state index in [1.165, 1.54) is 0 Å². The zero-order chi connectivity index (χ0) is 10.5. The van der Waals surface area contributed by atoms with Crippen LogP contribution in [-0.4, -0.2) is 11.1 Å². The Bertz CT molecular complexity index is 190. The topological polar surface area (TPSA) is 37.3 Å². The van der Waals surface area contributed by atoms with Crippen LogP contribution < -0.4 is 0 Å². The van der Waals surface area contributed by atoms with E-state index in [0.717, 1.165) is 12.0 Å². The largest absolute Gasteiger partial charge is 0.481 e. The van der Waals surface area contributed by atoms with Crippen molar-refractivity contribution in [2.24, 2.45) is 5.41 Å². The molecule has 0 fully saturated rings. The van der Waals surface area contributed by atoms with Gasteiger partial charge in [0.2, 0.25) is 0 Å².